The molecule has 0 spiro atoms. The second-order valence-electron chi connectivity index (χ2n) is 14.4. The first kappa shape index (κ1) is 34.7. The van der Waals surface area contributed by atoms with Crippen molar-refractivity contribution >= 4 is 35.4 Å². The van der Waals surface area contributed by atoms with Crippen molar-refractivity contribution in [2.24, 2.45) is 11.5 Å². The lowest BCUT2D eigenvalue weighted by Gasteiger charge is -2.32. The van der Waals surface area contributed by atoms with Gasteiger partial charge < -0.3 is 35.0 Å². The van der Waals surface area contributed by atoms with Crippen LogP contribution in [0.2, 0.25) is 0 Å². The lowest BCUT2D eigenvalue weighted by Crippen LogP contribution is -2.40. The second-order valence-corrected chi connectivity index (χ2v) is 14.4. The third kappa shape index (κ3) is 7.32. The van der Waals surface area contributed by atoms with E-state index in [4.69, 9.17) is 25.2 Å². The van der Waals surface area contributed by atoms with Crippen LogP contribution in [-0.2, 0) is 24.3 Å². The molecule has 3 aliphatic rings. The molecule has 4 aromatic carbocycles. The molecule has 53 heavy (non-hydrogen) atoms. The van der Waals surface area contributed by atoms with Crippen molar-refractivity contribution in [2.75, 3.05) is 26.2 Å². The molecule has 11 heteroatoms. The van der Waals surface area contributed by atoms with E-state index < -0.39 is 12.7 Å². The van der Waals surface area contributed by atoms with E-state index in [1.54, 1.807) is 23.1 Å². The molecule has 0 atom stereocenters. The Bertz CT molecular complexity index is 2220. The number of likely N-dealkylation sites (tertiary alicyclic amines) is 2. The molecule has 2 fully saturated rings. The highest BCUT2D eigenvalue weighted by molar-refractivity contribution is 6.63. The van der Waals surface area contributed by atoms with E-state index >= 15 is 0 Å². The summed E-state index contributed by atoms with van der Waals surface area (Å²) in [4.78, 5) is 43.6. The van der Waals surface area contributed by atoms with E-state index in [9.17, 15) is 14.4 Å². The second kappa shape index (κ2) is 14.9. The summed E-state index contributed by atoms with van der Waals surface area (Å²) in [5.74, 6) is 1.45. The van der Waals surface area contributed by atoms with E-state index in [1.807, 2.05) is 47.4 Å². The molecule has 3 aliphatic heterocycles. The van der Waals surface area contributed by atoms with Crippen LogP contribution >= 0.6 is 0 Å². The molecule has 4 heterocycles. The van der Waals surface area contributed by atoms with E-state index in [0.29, 0.717) is 60.5 Å². The number of nitrogens with zero attached hydrogens (tertiary/aromatic N) is 2. The van der Waals surface area contributed by atoms with E-state index in [-0.39, 0.29) is 23.8 Å². The van der Waals surface area contributed by atoms with Gasteiger partial charge in [0.1, 0.15) is 22.6 Å². The van der Waals surface area contributed by atoms with Gasteiger partial charge in [0.15, 0.2) is 0 Å². The number of carbonyl (C=O) groups excluding carboxylic acids is 2. The Morgan fingerprint density at radius 3 is 1.87 bits per heavy atom. The first-order valence-electron chi connectivity index (χ1n) is 18.5. The van der Waals surface area contributed by atoms with Crippen molar-refractivity contribution in [3.8, 4) is 11.5 Å². The smallest absolute Gasteiger partial charge is 0.519 e. The molecule has 0 saturated carbocycles. The third-order valence-electron chi connectivity index (χ3n) is 11.0. The molecule has 0 aliphatic carbocycles. The molecular weight excluding hydrogens is 667 g/mol. The van der Waals surface area contributed by atoms with Crippen LogP contribution < -0.4 is 31.9 Å². The molecule has 10 nitrogen and oxygen atoms in total. The minimum atomic E-state index is -0.739. The van der Waals surface area contributed by atoms with Crippen LogP contribution in [0.15, 0.2) is 100 Å². The van der Waals surface area contributed by atoms with Gasteiger partial charge in [0.05, 0.1) is 6.42 Å². The summed E-state index contributed by atoms with van der Waals surface area (Å²) in [6.07, 6.45) is 3.74. The Balaban J connectivity index is 0.900. The Morgan fingerprint density at radius 1 is 0.679 bits per heavy atom. The SMILES string of the molecule is NCc1cccc(C2CCN(C(=O)Cc3cccc(B4Oc5cc6cc(C(=O)N7CCC(c8cccc(CN)c8)CC7)c(=O)oc6cc5O4)c3)CC2)c1. The number of carbonyl (C=O) groups is 2. The Kier molecular flexibility index (Phi) is 9.77. The number of hydrogen-bond donors (Lipinski definition) is 2. The molecule has 4 N–H and O–H groups in total. The van der Waals surface area contributed by atoms with Gasteiger partial charge in [-0.2, -0.15) is 0 Å². The summed E-state index contributed by atoms with van der Waals surface area (Å²) in [6.45, 7) is 3.56. The van der Waals surface area contributed by atoms with Crippen molar-refractivity contribution in [1.82, 2.24) is 9.80 Å². The van der Waals surface area contributed by atoms with Crippen LogP contribution in [0.3, 0.4) is 0 Å². The van der Waals surface area contributed by atoms with Crippen LogP contribution in [0.4, 0.5) is 0 Å². The molecule has 1 aromatic heterocycles. The lowest BCUT2D eigenvalue weighted by molar-refractivity contribution is -0.131. The van der Waals surface area contributed by atoms with Crippen LogP contribution in [0, 0.1) is 0 Å². The van der Waals surface area contributed by atoms with Crippen molar-refractivity contribution in [3.63, 3.8) is 0 Å². The third-order valence-corrected chi connectivity index (χ3v) is 11.0. The van der Waals surface area contributed by atoms with E-state index in [2.05, 4.69) is 30.3 Å². The molecular formula is C42H43BN4O6. The Hall–Kier alpha value is -5.39. The van der Waals surface area contributed by atoms with Crippen LogP contribution in [0.25, 0.3) is 11.0 Å². The van der Waals surface area contributed by atoms with Gasteiger partial charge in [0.25, 0.3) is 5.91 Å². The van der Waals surface area contributed by atoms with Gasteiger partial charge in [-0.3, -0.25) is 9.59 Å². The molecule has 2 saturated heterocycles. The molecule has 2 amide bonds. The highest BCUT2D eigenvalue weighted by Gasteiger charge is 2.36. The standard InChI is InChI=1S/C42H43BN4O6/c44-25-28-5-1-7-32(18-28)30-10-14-46(15-11-30)40(48)21-27-4-3-9-35(20-27)43-52-38-23-34-22-36(42(50)51-37(34)24-39(38)53-43)41(49)47-16-12-31(13-17-47)33-8-2-6-29(19-33)26-45/h1-9,18-20,22-24,30-31H,10-17,21,25-26,44-45H2. The van der Waals surface area contributed by atoms with Crippen molar-refractivity contribution in [3.05, 3.63) is 135 Å². The van der Waals surface area contributed by atoms with Gasteiger partial charge in [-0.15, -0.1) is 0 Å². The molecule has 0 unspecified atom stereocenters. The summed E-state index contributed by atoms with van der Waals surface area (Å²) in [5.41, 5.74) is 17.7. The number of rotatable bonds is 8. The van der Waals surface area contributed by atoms with Crippen molar-refractivity contribution < 1.29 is 23.3 Å². The van der Waals surface area contributed by atoms with Gasteiger partial charge in [0.2, 0.25) is 5.91 Å². The van der Waals surface area contributed by atoms with Gasteiger partial charge in [-0.1, -0.05) is 72.8 Å². The fraction of sp³-hybridized carbons (Fsp3) is 0.310. The van der Waals surface area contributed by atoms with E-state index in [0.717, 1.165) is 60.9 Å². The van der Waals surface area contributed by atoms with Gasteiger partial charge in [-0.25, -0.2) is 4.79 Å². The molecule has 5 aromatic rings. The topological polar surface area (TPSA) is 141 Å². The average Bonchev–Trinajstić information content (AvgIpc) is 3.62. The van der Waals surface area contributed by atoms with Crippen LogP contribution in [-0.4, -0.2) is 54.9 Å². The Morgan fingerprint density at radius 2 is 1.25 bits per heavy atom. The quantitative estimate of drug-likeness (QED) is 0.172. The summed E-state index contributed by atoms with van der Waals surface area (Å²) in [5, 5.41) is 0.569. The maximum absolute atomic E-state index is 13.5. The largest absolute Gasteiger partial charge is 0.632 e. The molecule has 0 bridgehead atoms. The maximum atomic E-state index is 13.5. The summed E-state index contributed by atoms with van der Waals surface area (Å²) in [7, 11) is -0.739. The first-order valence-corrected chi connectivity index (χ1v) is 18.5. The zero-order valence-electron chi connectivity index (χ0n) is 29.7. The van der Waals surface area contributed by atoms with Crippen LogP contribution in [0.5, 0.6) is 11.5 Å². The predicted molar refractivity (Wildman–Crippen MR) is 204 cm³/mol. The van der Waals surface area contributed by atoms with Gasteiger partial charge >= 0.3 is 12.7 Å². The number of benzene rings is 4. The number of nitrogens with two attached hydrogens (primary N) is 2. The van der Waals surface area contributed by atoms with Gasteiger partial charge in [-0.05, 0) is 77.5 Å². The summed E-state index contributed by atoms with van der Waals surface area (Å²) in [6, 6.07) is 29.4. The molecule has 0 radical (unpaired) electrons. The van der Waals surface area contributed by atoms with Crippen molar-refractivity contribution in [2.45, 2.75) is 57.0 Å². The predicted octanol–water partition coefficient (Wildman–Crippen LogP) is 4.85. The Labute approximate surface area is 308 Å². The monoisotopic (exact) mass is 710 g/mol. The van der Waals surface area contributed by atoms with E-state index in [1.165, 1.54) is 11.1 Å². The number of hydrogen-bond acceptors (Lipinski definition) is 8. The number of fused-ring (bicyclic) bond motifs is 2. The maximum Gasteiger partial charge on any atom is 0.632 e. The van der Waals surface area contributed by atoms with Gasteiger partial charge in [0, 0.05) is 56.2 Å². The fourth-order valence-corrected chi connectivity index (χ4v) is 7.98. The van der Waals surface area contributed by atoms with Crippen molar-refractivity contribution in [1.29, 1.82) is 0 Å². The fourth-order valence-electron chi connectivity index (χ4n) is 7.98. The van der Waals surface area contributed by atoms with Crippen LogP contribution in [0.1, 0.15) is 75.7 Å². The highest BCUT2D eigenvalue weighted by atomic mass is 16.6. The molecule has 270 valence electrons. The highest BCUT2D eigenvalue weighted by Crippen LogP contribution is 2.38. The zero-order chi connectivity index (χ0) is 36.5. The minimum absolute atomic E-state index is 0.00103. The summed E-state index contributed by atoms with van der Waals surface area (Å²) >= 11 is 0. The first-order chi connectivity index (χ1) is 25.8. The number of piperidine rings is 2. The summed E-state index contributed by atoms with van der Waals surface area (Å²) < 4.78 is 18.0. The lowest BCUT2D eigenvalue weighted by atomic mass is 9.78. The zero-order valence-corrected chi connectivity index (χ0v) is 29.7. The minimum Gasteiger partial charge on any atom is -0.519 e. The average molecular weight is 711 g/mol. The normalized spacial score (nSPS) is 16.4. The number of amides is 2. The molecule has 8 rings (SSSR count).